The van der Waals surface area contributed by atoms with E-state index in [1.165, 1.54) is 0 Å². The van der Waals surface area contributed by atoms with Crippen LogP contribution in [0.4, 0.5) is 0 Å². The van der Waals surface area contributed by atoms with Gasteiger partial charge in [0.2, 0.25) is 0 Å². The molecule has 2 aliphatic rings. The maximum absolute atomic E-state index is 10.9. The summed E-state index contributed by atoms with van der Waals surface area (Å²) >= 11 is 0. The summed E-state index contributed by atoms with van der Waals surface area (Å²) in [4.78, 5) is 0. The molecule has 2 bridgehead atoms. The van der Waals surface area contributed by atoms with Crippen LogP contribution in [-0.2, 0) is 43.3 Å². The smallest absolute Gasteiger partial charge is 0.264 e. The SMILES string of the molecule is COCOC1(C)CC2(OCOC)CC(OCCCS(=O)(=O)O)CC(OCOC)(C1)C2. The number of fused-ring (bicyclic) bond motifs is 2. The molecular formula is C19H36O10S. The zero-order valence-corrected chi connectivity index (χ0v) is 19.2. The van der Waals surface area contributed by atoms with Crippen LogP contribution in [0.1, 0.15) is 45.4 Å². The van der Waals surface area contributed by atoms with Crippen molar-refractivity contribution in [1.29, 1.82) is 0 Å². The highest BCUT2D eigenvalue weighted by molar-refractivity contribution is 7.85. The van der Waals surface area contributed by atoms with E-state index in [1.807, 2.05) is 6.92 Å². The third-order valence-electron chi connectivity index (χ3n) is 5.63. The van der Waals surface area contributed by atoms with Gasteiger partial charge in [-0.05, 0) is 13.3 Å². The van der Waals surface area contributed by atoms with Gasteiger partial charge in [-0.1, -0.05) is 0 Å². The lowest BCUT2D eigenvalue weighted by atomic mass is 9.60. The third-order valence-corrected chi connectivity index (χ3v) is 6.43. The van der Waals surface area contributed by atoms with Crippen molar-refractivity contribution >= 4 is 10.1 Å². The van der Waals surface area contributed by atoms with E-state index in [0.29, 0.717) is 32.1 Å². The fraction of sp³-hybridized carbons (Fsp3) is 1.00. The monoisotopic (exact) mass is 456 g/mol. The standard InChI is InChI=1S/C19H36O10S/c1-17(27-13-23-2)10-18(28-14-24-3)8-16(26-6-5-7-30(20,21)22)9-19(11-17,12-18)29-15-25-4/h16H,5-15H2,1-4H3,(H,20,21,22). The average molecular weight is 457 g/mol. The lowest BCUT2D eigenvalue weighted by molar-refractivity contribution is -0.294. The Kier molecular flexibility index (Phi) is 9.47. The molecule has 0 aromatic carbocycles. The molecule has 2 fully saturated rings. The van der Waals surface area contributed by atoms with Crippen LogP contribution in [0.2, 0.25) is 0 Å². The Balaban J connectivity index is 2.19. The van der Waals surface area contributed by atoms with Crippen molar-refractivity contribution < 1.29 is 46.1 Å². The van der Waals surface area contributed by atoms with Crippen LogP contribution in [0.15, 0.2) is 0 Å². The Morgan fingerprint density at radius 2 is 1.37 bits per heavy atom. The van der Waals surface area contributed by atoms with Gasteiger partial charge in [0, 0.05) is 60.0 Å². The van der Waals surface area contributed by atoms with Gasteiger partial charge >= 0.3 is 0 Å². The molecule has 30 heavy (non-hydrogen) atoms. The van der Waals surface area contributed by atoms with Crippen molar-refractivity contribution in [3.8, 4) is 0 Å². The molecular weight excluding hydrogens is 420 g/mol. The summed E-state index contributed by atoms with van der Waals surface area (Å²) in [6.07, 6.45) is 3.04. The molecule has 0 aliphatic heterocycles. The van der Waals surface area contributed by atoms with Crippen molar-refractivity contribution in [1.82, 2.24) is 0 Å². The molecule has 0 aromatic heterocycles. The summed E-state index contributed by atoms with van der Waals surface area (Å²) in [5.74, 6) is -0.334. The highest BCUT2D eigenvalue weighted by Crippen LogP contribution is 2.54. The number of hydrogen-bond acceptors (Lipinski definition) is 9. The van der Waals surface area contributed by atoms with Crippen LogP contribution in [0.25, 0.3) is 0 Å². The lowest BCUT2D eigenvalue weighted by Gasteiger charge is -2.58. The van der Waals surface area contributed by atoms with Gasteiger partial charge in [-0.2, -0.15) is 8.42 Å². The highest BCUT2D eigenvalue weighted by atomic mass is 32.2. The Bertz CT molecular complexity index is 593. The van der Waals surface area contributed by atoms with Gasteiger partial charge in [-0.15, -0.1) is 0 Å². The molecule has 2 aliphatic carbocycles. The van der Waals surface area contributed by atoms with E-state index < -0.39 is 26.9 Å². The quantitative estimate of drug-likeness (QED) is 0.235. The second-order valence-corrected chi connectivity index (χ2v) is 10.1. The summed E-state index contributed by atoms with van der Waals surface area (Å²) < 4.78 is 70.7. The van der Waals surface area contributed by atoms with Crippen LogP contribution in [0, 0.1) is 0 Å². The van der Waals surface area contributed by atoms with Crippen molar-refractivity contribution in [3.05, 3.63) is 0 Å². The van der Waals surface area contributed by atoms with Crippen molar-refractivity contribution in [2.45, 2.75) is 68.4 Å². The van der Waals surface area contributed by atoms with E-state index in [1.54, 1.807) is 21.3 Å². The summed E-state index contributed by atoms with van der Waals surface area (Å²) in [7, 11) is 0.716. The Hall–Kier alpha value is -0.370. The molecule has 2 rings (SSSR count). The lowest BCUT2D eigenvalue weighted by Crippen LogP contribution is -2.64. The topological polar surface area (TPSA) is 119 Å². The van der Waals surface area contributed by atoms with E-state index in [4.69, 9.17) is 37.7 Å². The highest BCUT2D eigenvalue weighted by Gasteiger charge is 2.60. The molecule has 10 nitrogen and oxygen atoms in total. The molecule has 0 aromatic rings. The average Bonchev–Trinajstić information content (AvgIpc) is 2.65. The first-order valence-electron chi connectivity index (χ1n) is 10.0. The molecule has 178 valence electrons. The van der Waals surface area contributed by atoms with E-state index in [9.17, 15) is 8.42 Å². The minimum absolute atomic E-state index is 0.121. The van der Waals surface area contributed by atoms with E-state index in [2.05, 4.69) is 0 Å². The first-order valence-corrected chi connectivity index (χ1v) is 11.7. The van der Waals surface area contributed by atoms with E-state index in [0.717, 1.165) is 0 Å². The second kappa shape index (κ2) is 11.0. The molecule has 0 heterocycles. The summed E-state index contributed by atoms with van der Waals surface area (Å²) in [6, 6.07) is 0. The summed E-state index contributed by atoms with van der Waals surface area (Å²) in [5, 5.41) is 0. The van der Waals surface area contributed by atoms with E-state index in [-0.39, 0.29) is 45.3 Å². The molecule has 2 saturated carbocycles. The molecule has 2 atom stereocenters. The van der Waals surface area contributed by atoms with Crippen LogP contribution in [0.5, 0.6) is 0 Å². The minimum Gasteiger partial charge on any atom is -0.378 e. The fourth-order valence-corrected chi connectivity index (χ4v) is 5.41. The van der Waals surface area contributed by atoms with Gasteiger partial charge < -0.3 is 33.2 Å². The molecule has 0 spiro atoms. The van der Waals surface area contributed by atoms with Crippen LogP contribution in [0.3, 0.4) is 0 Å². The van der Waals surface area contributed by atoms with Gasteiger partial charge in [0.15, 0.2) is 0 Å². The molecule has 0 saturated heterocycles. The normalized spacial score (nSPS) is 34.2. The number of ether oxygens (including phenoxy) is 7. The third kappa shape index (κ3) is 7.64. The minimum atomic E-state index is -4.01. The largest absolute Gasteiger partial charge is 0.378 e. The van der Waals surface area contributed by atoms with Crippen LogP contribution < -0.4 is 0 Å². The Morgan fingerprint density at radius 1 is 0.867 bits per heavy atom. The van der Waals surface area contributed by atoms with Gasteiger partial charge in [0.1, 0.15) is 20.4 Å². The summed E-state index contributed by atoms with van der Waals surface area (Å²) in [5.41, 5.74) is -1.74. The second-order valence-electron chi connectivity index (χ2n) is 8.54. The zero-order chi connectivity index (χ0) is 22.3. The first-order chi connectivity index (χ1) is 14.1. The molecule has 2 unspecified atom stereocenters. The summed E-state index contributed by atoms with van der Waals surface area (Å²) in [6.45, 7) is 2.63. The van der Waals surface area contributed by atoms with Crippen LogP contribution in [-0.4, -0.2) is 89.9 Å². The maximum atomic E-state index is 10.9. The van der Waals surface area contributed by atoms with Crippen molar-refractivity contribution in [2.24, 2.45) is 0 Å². The number of rotatable bonds is 14. The van der Waals surface area contributed by atoms with Crippen molar-refractivity contribution in [3.63, 3.8) is 0 Å². The predicted octanol–water partition coefficient (Wildman–Crippen LogP) is 1.73. The predicted molar refractivity (Wildman–Crippen MR) is 107 cm³/mol. The molecule has 0 radical (unpaired) electrons. The zero-order valence-electron chi connectivity index (χ0n) is 18.4. The van der Waals surface area contributed by atoms with Crippen LogP contribution >= 0.6 is 0 Å². The first kappa shape index (κ1) is 25.9. The van der Waals surface area contributed by atoms with Gasteiger partial charge in [-0.25, -0.2) is 0 Å². The number of hydrogen-bond donors (Lipinski definition) is 1. The molecule has 0 amide bonds. The van der Waals surface area contributed by atoms with Gasteiger partial charge in [0.05, 0.1) is 28.7 Å². The van der Waals surface area contributed by atoms with Gasteiger partial charge in [-0.3, -0.25) is 4.55 Å². The Morgan fingerprint density at radius 3 is 1.83 bits per heavy atom. The molecule has 1 N–H and O–H groups in total. The number of methoxy groups -OCH3 is 3. The fourth-order valence-electron chi connectivity index (χ4n) is 4.93. The Labute approximate surface area is 179 Å². The maximum Gasteiger partial charge on any atom is 0.264 e. The molecule has 11 heteroatoms. The van der Waals surface area contributed by atoms with Gasteiger partial charge in [0.25, 0.3) is 10.1 Å². The van der Waals surface area contributed by atoms with E-state index >= 15 is 0 Å². The van der Waals surface area contributed by atoms with Crippen molar-refractivity contribution in [2.75, 3.05) is 54.1 Å².